The fourth-order valence-electron chi connectivity index (χ4n) is 3.54. The normalized spacial score (nSPS) is 26.9. The Labute approximate surface area is 115 Å². The van der Waals surface area contributed by atoms with E-state index in [2.05, 4.69) is 35.2 Å². The summed E-state index contributed by atoms with van der Waals surface area (Å²) in [5.74, 6) is 0. The maximum absolute atomic E-state index is 9.47. The minimum absolute atomic E-state index is 0.0143. The standard InChI is InChI=1S/C16H23NO2/c18-12-15-11-17(10-14-6-2-1-3-7-14)13-16(19-15)8-4-5-9-16/h1-3,6-7,15,18H,4-5,8-13H2. The highest BCUT2D eigenvalue weighted by molar-refractivity contribution is 5.14. The first-order valence-corrected chi connectivity index (χ1v) is 7.35. The third-order valence-electron chi connectivity index (χ3n) is 4.36. The molecule has 1 spiro atoms. The monoisotopic (exact) mass is 261 g/mol. The lowest BCUT2D eigenvalue weighted by Gasteiger charge is -2.44. The predicted octanol–water partition coefficient (Wildman–Crippen LogP) is 2.19. The van der Waals surface area contributed by atoms with Gasteiger partial charge in [0.2, 0.25) is 0 Å². The molecule has 1 aliphatic carbocycles. The van der Waals surface area contributed by atoms with Gasteiger partial charge in [0, 0.05) is 19.6 Å². The van der Waals surface area contributed by atoms with Crippen LogP contribution in [0.5, 0.6) is 0 Å². The third kappa shape index (κ3) is 2.99. The fourth-order valence-corrected chi connectivity index (χ4v) is 3.54. The van der Waals surface area contributed by atoms with Crippen molar-refractivity contribution in [3.63, 3.8) is 0 Å². The summed E-state index contributed by atoms with van der Waals surface area (Å²) in [6.45, 7) is 2.95. The molecule has 1 aliphatic heterocycles. The van der Waals surface area contributed by atoms with Crippen LogP contribution in [0.1, 0.15) is 31.2 Å². The Morgan fingerprint density at radius 2 is 1.95 bits per heavy atom. The molecule has 1 aromatic rings. The summed E-state index contributed by atoms with van der Waals surface area (Å²) >= 11 is 0. The Bertz CT molecular complexity index is 400. The molecular weight excluding hydrogens is 238 g/mol. The Morgan fingerprint density at radius 3 is 2.63 bits per heavy atom. The van der Waals surface area contributed by atoms with Crippen LogP contribution in [0.2, 0.25) is 0 Å². The van der Waals surface area contributed by atoms with Crippen molar-refractivity contribution in [2.45, 2.75) is 43.9 Å². The number of hydrogen-bond acceptors (Lipinski definition) is 3. The summed E-state index contributed by atoms with van der Waals surface area (Å²) in [6.07, 6.45) is 4.80. The van der Waals surface area contributed by atoms with E-state index in [0.29, 0.717) is 0 Å². The van der Waals surface area contributed by atoms with E-state index < -0.39 is 0 Å². The molecule has 1 saturated carbocycles. The molecule has 0 radical (unpaired) electrons. The fraction of sp³-hybridized carbons (Fsp3) is 0.625. The van der Waals surface area contributed by atoms with Crippen LogP contribution in [-0.4, -0.2) is 41.4 Å². The molecule has 19 heavy (non-hydrogen) atoms. The van der Waals surface area contributed by atoms with Crippen molar-refractivity contribution in [2.75, 3.05) is 19.7 Å². The highest BCUT2D eigenvalue weighted by atomic mass is 16.5. The lowest BCUT2D eigenvalue weighted by molar-refractivity contribution is -0.164. The molecule has 0 bridgehead atoms. The Morgan fingerprint density at radius 1 is 1.21 bits per heavy atom. The summed E-state index contributed by atoms with van der Waals surface area (Å²) in [5, 5.41) is 9.47. The van der Waals surface area contributed by atoms with E-state index in [1.54, 1.807) is 0 Å². The van der Waals surface area contributed by atoms with Crippen molar-refractivity contribution in [3.8, 4) is 0 Å². The van der Waals surface area contributed by atoms with Crippen LogP contribution in [0, 0.1) is 0 Å². The van der Waals surface area contributed by atoms with Crippen LogP contribution in [0.3, 0.4) is 0 Å². The summed E-state index contributed by atoms with van der Waals surface area (Å²) in [7, 11) is 0. The zero-order valence-electron chi connectivity index (χ0n) is 11.4. The lowest BCUT2D eigenvalue weighted by atomic mass is 9.97. The van der Waals surface area contributed by atoms with Gasteiger partial charge in [0.05, 0.1) is 18.3 Å². The largest absolute Gasteiger partial charge is 0.394 e. The van der Waals surface area contributed by atoms with E-state index in [1.165, 1.54) is 18.4 Å². The van der Waals surface area contributed by atoms with E-state index in [1.807, 2.05) is 0 Å². The average Bonchev–Trinajstić information content (AvgIpc) is 2.87. The highest BCUT2D eigenvalue weighted by Gasteiger charge is 2.42. The molecule has 1 unspecified atom stereocenters. The molecular formula is C16H23NO2. The first-order valence-electron chi connectivity index (χ1n) is 7.35. The van der Waals surface area contributed by atoms with Crippen LogP contribution in [0.4, 0.5) is 0 Å². The first kappa shape index (κ1) is 13.1. The summed E-state index contributed by atoms with van der Waals surface area (Å²) in [5.41, 5.74) is 1.36. The molecule has 2 aliphatic rings. The number of benzene rings is 1. The van der Waals surface area contributed by atoms with Gasteiger partial charge in [-0.15, -0.1) is 0 Å². The van der Waals surface area contributed by atoms with Gasteiger partial charge in [-0.3, -0.25) is 4.90 Å². The molecule has 2 fully saturated rings. The average molecular weight is 261 g/mol. The van der Waals surface area contributed by atoms with E-state index in [4.69, 9.17) is 4.74 Å². The topological polar surface area (TPSA) is 32.7 Å². The minimum atomic E-state index is -0.0180. The summed E-state index contributed by atoms with van der Waals surface area (Å²) in [6, 6.07) is 10.6. The second-order valence-electron chi connectivity index (χ2n) is 5.97. The maximum Gasteiger partial charge on any atom is 0.0940 e. The van der Waals surface area contributed by atoms with Gasteiger partial charge in [-0.05, 0) is 18.4 Å². The van der Waals surface area contributed by atoms with E-state index >= 15 is 0 Å². The van der Waals surface area contributed by atoms with Crippen LogP contribution in [0.15, 0.2) is 30.3 Å². The number of ether oxygens (including phenoxy) is 1. The van der Waals surface area contributed by atoms with E-state index in [9.17, 15) is 5.11 Å². The molecule has 104 valence electrons. The molecule has 1 N–H and O–H groups in total. The van der Waals surface area contributed by atoms with Crippen molar-refractivity contribution in [1.29, 1.82) is 0 Å². The van der Waals surface area contributed by atoms with Crippen LogP contribution < -0.4 is 0 Å². The molecule has 0 amide bonds. The quantitative estimate of drug-likeness (QED) is 0.905. The van der Waals surface area contributed by atoms with Gasteiger partial charge in [0.15, 0.2) is 0 Å². The number of aliphatic hydroxyl groups is 1. The van der Waals surface area contributed by atoms with Crippen molar-refractivity contribution >= 4 is 0 Å². The molecule has 1 heterocycles. The zero-order valence-corrected chi connectivity index (χ0v) is 11.4. The van der Waals surface area contributed by atoms with Gasteiger partial charge in [-0.2, -0.15) is 0 Å². The smallest absolute Gasteiger partial charge is 0.0940 e. The molecule has 1 saturated heterocycles. The second kappa shape index (κ2) is 5.61. The third-order valence-corrected chi connectivity index (χ3v) is 4.36. The minimum Gasteiger partial charge on any atom is -0.394 e. The SMILES string of the molecule is OCC1CN(Cc2ccccc2)CC2(CCCC2)O1. The molecule has 3 heteroatoms. The number of hydrogen-bond donors (Lipinski definition) is 1. The van der Waals surface area contributed by atoms with Crippen molar-refractivity contribution in [1.82, 2.24) is 4.90 Å². The van der Waals surface area contributed by atoms with Gasteiger partial charge in [0.25, 0.3) is 0 Å². The van der Waals surface area contributed by atoms with Gasteiger partial charge in [0.1, 0.15) is 0 Å². The van der Waals surface area contributed by atoms with Crippen molar-refractivity contribution in [3.05, 3.63) is 35.9 Å². The number of aliphatic hydroxyl groups excluding tert-OH is 1. The number of morpholine rings is 1. The summed E-state index contributed by atoms with van der Waals surface area (Å²) in [4.78, 5) is 2.45. The molecule has 3 nitrogen and oxygen atoms in total. The predicted molar refractivity (Wildman–Crippen MR) is 74.9 cm³/mol. The molecule has 1 atom stereocenters. The lowest BCUT2D eigenvalue weighted by Crippen LogP contribution is -2.55. The molecule has 0 aromatic heterocycles. The van der Waals surface area contributed by atoms with Gasteiger partial charge in [-0.1, -0.05) is 43.2 Å². The van der Waals surface area contributed by atoms with Crippen LogP contribution in [0.25, 0.3) is 0 Å². The number of rotatable bonds is 3. The van der Waals surface area contributed by atoms with Crippen molar-refractivity contribution < 1.29 is 9.84 Å². The van der Waals surface area contributed by atoms with E-state index in [-0.39, 0.29) is 18.3 Å². The molecule has 1 aromatic carbocycles. The van der Waals surface area contributed by atoms with Gasteiger partial charge < -0.3 is 9.84 Å². The Kier molecular flexibility index (Phi) is 3.87. The van der Waals surface area contributed by atoms with E-state index in [0.717, 1.165) is 32.5 Å². The maximum atomic E-state index is 9.47. The van der Waals surface area contributed by atoms with Crippen molar-refractivity contribution in [2.24, 2.45) is 0 Å². The van der Waals surface area contributed by atoms with Crippen LogP contribution >= 0.6 is 0 Å². The Balaban J connectivity index is 1.70. The zero-order chi connectivity index (χ0) is 13.1. The molecule has 3 rings (SSSR count). The van der Waals surface area contributed by atoms with Gasteiger partial charge >= 0.3 is 0 Å². The second-order valence-corrected chi connectivity index (χ2v) is 5.97. The van der Waals surface area contributed by atoms with Gasteiger partial charge in [-0.25, -0.2) is 0 Å². The van der Waals surface area contributed by atoms with Crippen LogP contribution in [-0.2, 0) is 11.3 Å². The highest BCUT2D eigenvalue weighted by Crippen LogP contribution is 2.37. The number of nitrogens with zero attached hydrogens (tertiary/aromatic N) is 1. The first-order chi connectivity index (χ1) is 9.30. The summed E-state index contributed by atoms with van der Waals surface area (Å²) < 4.78 is 6.16. The Hall–Kier alpha value is -0.900.